The summed E-state index contributed by atoms with van der Waals surface area (Å²) < 4.78 is 0. The molecule has 0 radical (unpaired) electrons. The maximum Gasteiger partial charge on any atom is 0.209 e. The van der Waals surface area contributed by atoms with Gasteiger partial charge in [0.1, 0.15) is 0 Å². The number of benzene rings is 1. The first kappa shape index (κ1) is 16.1. The third kappa shape index (κ3) is 3.77. The molecule has 124 valence electrons. The molecule has 23 heavy (non-hydrogen) atoms. The summed E-state index contributed by atoms with van der Waals surface area (Å²) in [6.07, 6.45) is 8.09. The number of likely N-dealkylation sites (tertiary alicyclic amines) is 2. The second-order valence-corrected chi connectivity index (χ2v) is 6.83. The minimum Gasteiger partial charge on any atom is -0.375 e. The molecule has 0 aliphatic carbocycles. The van der Waals surface area contributed by atoms with Gasteiger partial charge < -0.3 is 9.80 Å². The molecule has 0 saturated carbocycles. The topological polar surface area (TPSA) is 23.6 Å². The Kier molecular flexibility index (Phi) is 5.37. The number of allylic oxidation sites excluding steroid dienone is 1. The van der Waals surface area contributed by atoms with E-state index < -0.39 is 0 Å². The highest BCUT2D eigenvalue weighted by Gasteiger charge is 2.28. The number of piperidine rings is 2. The van der Waals surface area contributed by atoms with Crippen molar-refractivity contribution in [1.29, 1.82) is 0 Å². The lowest BCUT2D eigenvalue weighted by atomic mass is 9.87. The molecular weight excluding hydrogens is 284 g/mol. The second kappa shape index (κ2) is 7.67. The smallest absolute Gasteiger partial charge is 0.209 e. The molecule has 0 bridgehead atoms. The van der Waals surface area contributed by atoms with Crippen molar-refractivity contribution in [3.05, 3.63) is 47.7 Å². The molecule has 1 aromatic carbocycles. The molecule has 0 N–H and O–H groups in total. The van der Waals surface area contributed by atoms with Crippen LogP contribution in [0.15, 0.2) is 42.1 Å². The van der Waals surface area contributed by atoms with Gasteiger partial charge in [-0.3, -0.25) is 4.79 Å². The van der Waals surface area contributed by atoms with E-state index in [1.807, 2.05) is 4.90 Å². The monoisotopic (exact) mass is 312 g/mol. The first-order chi connectivity index (χ1) is 11.3. The van der Waals surface area contributed by atoms with Crippen LogP contribution in [0.1, 0.15) is 44.1 Å². The third-order valence-corrected chi connectivity index (χ3v) is 5.45. The highest BCUT2D eigenvalue weighted by molar-refractivity contribution is 5.47. The Balaban J connectivity index is 1.60. The van der Waals surface area contributed by atoms with Crippen LogP contribution in [0.4, 0.5) is 0 Å². The number of hydrogen-bond acceptors (Lipinski definition) is 2. The van der Waals surface area contributed by atoms with E-state index in [1.54, 1.807) is 0 Å². The predicted molar refractivity (Wildman–Crippen MR) is 94.1 cm³/mol. The highest BCUT2D eigenvalue weighted by atomic mass is 16.1. The van der Waals surface area contributed by atoms with Crippen LogP contribution in [0.2, 0.25) is 0 Å². The van der Waals surface area contributed by atoms with E-state index in [0.717, 1.165) is 39.0 Å². The van der Waals surface area contributed by atoms with E-state index in [-0.39, 0.29) is 0 Å². The van der Waals surface area contributed by atoms with Crippen LogP contribution in [0.5, 0.6) is 0 Å². The largest absolute Gasteiger partial charge is 0.375 e. The summed E-state index contributed by atoms with van der Waals surface area (Å²) in [4.78, 5) is 15.6. The molecule has 3 heteroatoms. The third-order valence-electron chi connectivity index (χ3n) is 5.45. The van der Waals surface area contributed by atoms with E-state index in [2.05, 4.69) is 48.2 Å². The van der Waals surface area contributed by atoms with E-state index in [0.29, 0.717) is 11.8 Å². The van der Waals surface area contributed by atoms with Gasteiger partial charge in [-0.1, -0.05) is 36.4 Å². The first-order valence-corrected chi connectivity index (χ1v) is 8.97. The lowest BCUT2D eigenvalue weighted by molar-refractivity contribution is -0.119. The van der Waals surface area contributed by atoms with Crippen molar-refractivity contribution >= 4 is 6.41 Å². The van der Waals surface area contributed by atoms with Crippen LogP contribution in [0.3, 0.4) is 0 Å². The molecule has 1 aromatic rings. The normalized spacial score (nSPS) is 23.9. The van der Waals surface area contributed by atoms with E-state index in [9.17, 15) is 4.79 Å². The Hall–Kier alpha value is -1.77. The van der Waals surface area contributed by atoms with Crippen LogP contribution < -0.4 is 0 Å². The first-order valence-electron chi connectivity index (χ1n) is 8.97. The average Bonchev–Trinajstić information content (AvgIpc) is 2.64. The number of carbonyl (C=O) groups excluding carboxylic acids is 1. The minimum atomic E-state index is 0.521. The fourth-order valence-electron chi connectivity index (χ4n) is 4.22. The van der Waals surface area contributed by atoms with Gasteiger partial charge in [-0.2, -0.15) is 0 Å². The summed E-state index contributed by atoms with van der Waals surface area (Å²) in [5, 5.41) is 0. The summed E-state index contributed by atoms with van der Waals surface area (Å²) in [5.74, 6) is 1.22. The minimum absolute atomic E-state index is 0.521. The molecule has 1 atom stereocenters. The fraction of sp³-hybridized carbons (Fsp3) is 0.550. The molecule has 0 aromatic heterocycles. The Morgan fingerprint density at radius 1 is 1.09 bits per heavy atom. The maximum atomic E-state index is 11.1. The van der Waals surface area contributed by atoms with E-state index >= 15 is 0 Å². The van der Waals surface area contributed by atoms with Crippen molar-refractivity contribution in [3.63, 3.8) is 0 Å². The number of rotatable bonds is 4. The average molecular weight is 312 g/mol. The van der Waals surface area contributed by atoms with Gasteiger partial charge in [-0.05, 0) is 44.1 Å². The molecular formula is C20H28N2O. The Morgan fingerprint density at radius 3 is 2.48 bits per heavy atom. The molecule has 0 spiro atoms. The van der Waals surface area contributed by atoms with E-state index in [1.165, 1.54) is 30.5 Å². The van der Waals surface area contributed by atoms with Gasteiger partial charge in [-0.15, -0.1) is 0 Å². The van der Waals surface area contributed by atoms with Crippen LogP contribution in [0, 0.1) is 5.92 Å². The van der Waals surface area contributed by atoms with Gasteiger partial charge in [0.15, 0.2) is 0 Å². The van der Waals surface area contributed by atoms with Crippen molar-refractivity contribution in [3.8, 4) is 0 Å². The summed E-state index contributed by atoms with van der Waals surface area (Å²) in [6, 6.07) is 10.9. The zero-order valence-electron chi connectivity index (χ0n) is 14.2. The maximum absolute atomic E-state index is 11.1. The van der Waals surface area contributed by atoms with Crippen molar-refractivity contribution in [2.45, 2.75) is 38.5 Å². The number of carbonyl (C=O) groups is 1. The fourth-order valence-corrected chi connectivity index (χ4v) is 4.22. The highest BCUT2D eigenvalue weighted by Crippen LogP contribution is 2.33. The zero-order valence-corrected chi connectivity index (χ0v) is 14.2. The van der Waals surface area contributed by atoms with Gasteiger partial charge in [-0.25, -0.2) is 0 Å². The van der Waals surface area contributed by atoms with Crippen molar-refractivity contribution in [2.75, 3.05) is 26.2 Å². The Bertz CT molecular complexity index is 532. The van der Waals surface area contributed by atoms with Crippen molar-refractivity contribution < 1.29 is 4.79 Å². The lowest BCUT2D eigenvalue weighted by Crippen LogP contribution is -2.41. The molecule has 1 unspecified atom stereocenters. The Morgan fingerprint density at radius 2 is 1.83 bits per heavy atom. The Labute approximate surface area is 140 Å². The van der Waals surface area contributed by atoms with E-state index in [4.69, 9.17) is 0 Å². The summed E-state index contributed by atoms with van der Waals surface area (Å²) in [7, 11) is 0. The van der Waals surface area contributed by atoms with Crippen LogP contribution in [-0.2, 0) is 4.79 Å². The second-order valence-electron chi connectivity index (χ2n) is 6.83. The van der Waals surface area contributed by atoms with Crippen molar-refractivity contribution in [1.82, 2.24) is 9.80 Å². The molecule has 2 aliphatic heterocycles. The standard InChI is InChI=1S/C20H28N2O/c1-2-20(19-9-6-12-21(15-19)16-23)22-13-10-18(11-14-22)17-7-4-3-5-8-17/h2-5,7-8,16,18-19H,6,9-15H2,1H3/b20-2+. The van der Waals surface area contributed by atoms with Gasteiger partial charge in [0, 0.05) is 37.8 Å². The van der Waals surface area contributed by atoms with Gasteiger partial charge >= 0.3 is 0 Å². The SMILES string of the molecule is C/C=C(\C1CCCN(C=O)C1)N1CCC(c2ccccc2)CC1. The number of amides is 1. The van der Waals surface area contributed by atoms with Gasteiger partial charge in [0.25, 0.3) is 0 Å². The van der Waals surface area contributed by atoms with Crippen molar-refractivity contribution in [2.24, 2.45) is 5.92 Å². The molecule has 2 heterocycles. The van der Waals surface area contributed by atoms with Crippen LogP contribution >= 0.6 is 0 Å². The zero-order chi connectivity index (χ0) is 16.1. The molecule has 3 nitrogen and oxygen atoms in total. The van der Waals surface area contributed by atoms with Crippen LogP contribution in [0.25, 0.3) is 0 Å². The summed E-state index contributed by atoms with van der Waals surface area (Å²) in [5.41, 5.74) is 2.95. The summed E-state index contributed by atoms with van der Waals surface area (Å²) >= 11 is 0. The quantitative estimate of drug-likeness (QED) is 0.793. The molecule has 2 fully saturated rings. The molecule has 3 rings (SSSR count). The molecule has 1 amide bonds. The van der Waals surface area contributed by atoms with Gasteiger partial charge in [0.2, 0.25) is 6.41 Å². The molecule has 2 aliphatic rings. The lowest BCUT2D eigenvalue weighted by Gasteiger charge is -2.40. The molecule has 2 saturated heterocycles. The number of nitrogens with zero attached hydrogens (tertiary/aromatic N) is 2. The summed E-state index contributed by atoms with van der Waals surface area (Å²) in [6.45, 7) is 6.24. The number of hydrogen-bond donors (Lipinski definition) is 0. The predicted octanol–water partition coefficient (Wildman–Crippen LogP) is 3.64. The van der Waals surface area contributed by atoms with Crippen LogP contribution in [-0.4, -0.2) is 42.4 Å². The van der Waals surface area contributed by atoms with Gasteiger partial charge in [0.05, 0.1) is 0 Å².